The third kappa shape index (κ3) is 5.52. The molecule has 0 saturated carbocycles. The van der Waals surface area contributed by atoms with Gasteiger partial charge in [-0.15, -0.1) is 0 Å². The van der Waals surface area contributed by atoms with Gasteiger partial charge in [0.25, 0.3) is 0 Å². The van der Waals surface area contributed by atoms with Gasteiger partial charge in [-0.25, -0.2) is 0 Å². The van der Waals surface area contributed by atoms with E-state index < -0.39 is 0 Å². The van der Waals surface area contributed by atoms with E-state index in [0.29, 0.717) is 11.7 Å². The highest BCUT2D eigenvalue weighted by molar-refractivity contribution is 7.80. The summed E-state index contributed by atoms with van der Waals surface area (Å²) in [5.74, 6) is 0.524. The van der Waals surface area contributed by atoms with Crippen LogP contribution in [-0.2, 0) is 11.3 Å². The molecule has 0 spiro atoms. The molecule has 0 atom stereocenters. The highest BCUT2D eigenvalue weighted by Crippen LogP contribution is 2.12. The van der Waals surface area contributed by atoms with E-state index in [4.69, 9.17) is 17.0 Å². The van der Waals surface area contributed by atoms with Gasteiger partial charge in [0.1, 0.15) is 5.75 Å². The molecule has 0 unspecified atom stereocenters. The van der Waals surface area contributed by atoms with Gasteiger partial charge in [0, 0.05) is 19.7 Å². The standard InChI is InChI=1S/C19H20N2O2S/c1-21(14-16-6-4-3-5-7-16)19(24)20-18(22)13-10-15-8-11-17(23-2)12-9-15/h3-13H,14H2,1-2H3,(H,20,22,24)/b13-10+. The number of rotatable bonds is 5. The summed E-state index contributed by atoms with van der Waals surface area (Å²) in [7, 11) is 3.47. The number of methoxy groups -OCH3 is 1. The van der Waals surface area contributed by atoms with Gasteiger partial charge in [0.2, 0.25) is 5.91 Å². The number of thiocarbonyl (C=S) groups is 1. The Balaban J connectivity index is 1.86. The van der Waals surface area contributed by atoms with Crippen LogP contribution in [0.2, 0.25) is 0 Å². The number of carbonyl (C=O) groups is 1. The first-order chi connectivity index (χ1) is 11.6. The molecule has 124 valence electrons. The van der Waals surface area contributed by atoms with Crippen molar-refractivity contribution < 1.29 is 9.53 Å². The smallest absolute Gasteiger partial charge is 0.250 e. The highest BCUT2D eigenvalue weighted by Gasteiger charge is 2.07. The van der Waals surface area contributed by atoms with E-state index in [-0.39, 0.29) is 5.91 Å². The number of hydrogen-bond acceptors (Lipinski definition) is 3. The van der Waals surface area contributed by atoms with Gasteiger partial charge in [-0.1, -0.05) is 42.5 Å². The second-order valence-corrected chi connectivity index (χ2v) is 5.63. The molecule has 0 aliphatic carbocycles. The monoisotopic (exact) mass is 340 g/mol. The lowest BCUT2D eigenvalue weighted by Crippen LogP contribution is -2.39. The van der Waals surface area contributed by atoms with Crippen LogP contribution >= 0.6 is 12.2 Å². The first-order valence-corrected chi connectivity index (χ1v) is 7.91. The molecule has 0 saturated heterocycles. The predicted octanol–water partition coefficient (Wildman–Crippen LogP) is 3.24. The van der Waals surface area contributed by atoms with Crippen molar-refractivity contribution in [3.63, 3.8) is 0 Å². The summed E-state index contributed by atoms with van der Waals surface area (Å²) in [6.45, 7) is 0.641. The fourth-order valence-electron chi connectivity index (χ4n) is 2.06. The Bertz CT molecular complexity index is 712. The second-order valence-electron chi connectivity index (χ2n) is 5.24. The van der Waals surface area contributed by atoms with Crippen molar-refractivity contribution in [3.8, 4) is 5.75 Å². The molecule has 2 rings (SSSR count). The number of nitrogens with one attached hydrogen (secondary N) is 1. The van der Waals surface area contributed by atoms with Crippen molar-refractivity contribution >= 4 is 29.3 Å². The molecule has 0 heterocycles. The second kappa shape index (κ2) is 8.84. The minimum Gasteiger partial charge on any atom is -0.497 e. The molecule has 1 amide bonds. The van der Waals surface area contributed by atoms with Crippen LogP contribution in [0.25, 0.3) is 6.08 Å². The maximum Gasteiger partial charge on any atom is 0.250 e. The molecule has 1 N–H and O–H groups in total. The lowest BCUT2D eigenvalue weighted by molar-refractivity contribution is -0.115. The molecule has 0 bridgehead atoms. The van der Waals surface area contributed by atoms with Crippen molar-refractivity contribution in [3.05, 3.63) is 71.8 Å². The maximum absolute atomic E-state index is 12.0. The van der Waals surface area contributed by atoms with Gasteiger partial charge in [-0.3, -0.25) is 10.1 Å². The van der Waals surface area contributed by atoms with Crippen molar-refractivity contribution in [1.82, 2.24) is 10.2 Å². The Kier molecular flexibility index (Phi) is 6.51. The third-order valence-electron chi connectivity index (χ3n) is 3.38. The van der Waals surface area contributed by atoms with Crippen LogP contribution in [0.4, 0.5) is 0 Å². The van der Waals surface area contributed by atoms with Gasteiger partial charge >= 0.3 is 0 Å². The average Bonchev–Trinajstić information content (AvgIpc) is 2.61. The summed E-state index contributed by atoms with van der Waals surface area (Å²) in [6, 6.07) is 17.4. The normalized spacial score (nSPS) is 10.4. The number of benzene rings is 2. The summed E-state index contributed by atoms with van der Waals surface area (Å²) in [5.41, 5.74) is 2.04. The van der Waals surface area contributed by atoms with Crippen molar-refractivity contribution in [2.75, 3.05) is 14.2 Å². The van der Waals surface area contributed by atoms with E-state index in [1.807, 2.05) is 66.5 Å². The summed E-state index contributed by atoms with van der Waals surface area (Å²) in [6.07, 6.45) is 3.19. The van der Waals surface area contributed by atoms with Gasteiger partial charge in [0.15, 0.2) is 5.11 Å². The van der Waals surface area contributed by atoms with E-state index in [9.17, 15) is 4.79 Å². The maximum atomic E-state index is 12.0. The number of hydrogen-bond donors (Lipinski definition) is 1. The van der Waals surface area contributed by atoms with Crippen LogP contribution in [0.5, 0.6) is 5.75 Å². The first kappa shape index (κ1) is 17.7. The Morgan fingerprint density at radius 2 is 1.83 bits per heavy atom. The Labute approximate surface area is 147 Å². The number of ether oxygens (including phenoxy) is 1. The topological polar surface area (TPSA) is 41.6 Å². The molecule has 5 heteroatoms. The van der Waals surface area contributed by atoms with E-state index in [1.165, 1.54) is 6.08 Å². The zero-order chi connectivity index (χ0) is 17.4. The molecule has 0 aromatic heterocycles. The van der Waals surface area contributed by atoms with Gasteiger partial charge in [0.05, 0.1) is 7.11 Å². The minimum atomic E-state index is -0.254. The predicted molar refractivity (Wildman–Crippen MR) is 101 cm³/mol. The summed E-state index contributed by atoms with van der Waals surface area (Å²) in [5, 5.41) is 3.09. The van der Waals surface area contributed by atoms with Crippen molar-refractivity contribution in [2.24, 2.45) is 0 Å². The fraction of sp³-hybridized carbons (Fsp3) is 0.158. The van der Waals surface area contributed by atoms with Crippen LogP contribution in [0, 0.1) is 0 Å². The summed E-state index contributed by atoms with van der Waals surface area (Å²) >= 11 is 5.26. The molecular weight excluding hydrogens is 320 g/mol. The Morgan fingerprint density at radius 1 is 1.17 bits per heavy atom. The molecular formula is C19H20N2O2S. The average molecular weight is 340 g/mol. The summed E-state index contributed by atoms with van der Waals surface area (Å²) < 4.78 is 5.10. The lowest BCUT2D eigenvalue weighted by Gasteiger charge is -2.19. The number of amides is 1. The minimum absolute atomic E-state index is 0.254. The zero-order valence-electron chi connectivity index (χ0n) is 13.7. The van der Waals surface area contributed by atoms with Crippen LogP contribution in [0.15, 0.2) is 60.7 Å². The zero-order valence-corrected chi connectivity index (χ0v) is 14.5. The molecule has 0 aliphatic heterocycles. The van der Waals surface area contributed by atoms with E-state index in [1.54, 1.807) is 13.2 Å². The molecule has 2 aromatic carbocycles. The van der Waals surface area contributed by atoms with Crippen LogP contribution < -0.4 is 10.1 Å². The summed E-state index contributed by atoms with van der Waals surface area (Å²) in [4.78, 5) is 13.8. The van der Waals surface area contributed by atoms with Crippen molar-refractivity contribution in [1.29, 1.82) is 0 Å². The lowest BCUT2D eigenvalue weighted by atomic mass is 10.2. The first-order valence-electron chi connectivity index (χ1n) is 7.50. The number of nitrogens with zero attached hydrogens (tertiary/aromatic N) is 1. The Morgan fingerprint density at radius 3 is 2.46 bits per heavy atom. The van der Waals surface area contributed by atoms with Gasteiger partial charge < -0.3 is 9.64 Å². The van der Waals surface area contributed by atoms with Crippen LogP contribution in [0.3, 0.4) is 0 Å². The quantitative estimate of drug-likeness (QED) is 0.670. The van der Waals surface area contributed by atoms with Gasteiger partial charge in [-0.05, 0) is 41.6 Å². The molecule has 0 aliphatic rings. The molecule has 24 heavy (non-hydrogen) atoms. The van der Waals surface area contributed by atoms with E-state index in [0.717, 1.165) is 16.9 Å². The van der Waals surface area contributed by atoms with E-state index >= 15 is 0 Å². The Hall–Kier alpha value is -2.66. The fourth-order valence-corrected chi connectivity index (χ4v) is 2.22. The molecule has 4 nitrogen and oxygen atoms in total. The van der Waals surface area contributed by atoms with Crippen LogP contribution in [-0.4, -0.2) is 30.1 Å². The molecule has 2 aromatic rings. The van der Waals surface area contributed by atoms with E-state index in [2.05, 4.69) is 5.32 Å². The number of carbonyl (C=O) groups excluding carboxylic acids is 1. The SMILES string of the molecule is COc1ccc(/C=C/C(=O)NC(=S)N(C)Cc2ccccc2)cc1. The molecule has 0 radical (unpaired) electrons. The van der Waals surface area contributed by atoms with Crippen molar-refractivity contribution in [2.45, 2.75) is 6.54 Å². The largest absolute Gasteiger partial charge is 0.497 e. The highest BCUT2D eigenvalue weighted by atomic mass is 32.1. The van der Waals surface area contributed by atoms with Crippen LogP contribution in [0.1, 0.15) is 11.1 Å². The third-order valence-corrected chi connectivity index (χ3v) is 3.80. The molecule has 0 fully saturated rings. The van der Waals surface area contributed by atoms with Gasteiger partial charge in [-0.2, -0.15) is 0 Å².